The van der Waals surface area contributed by atoms with E-state index in [2.05, 4.69) is 50.4 Å². The highest BCUT2D eigenvalue weighted by molar-refractivity contribution is 7.98. The number of benzene rings is 2. The number of carbonyl (C=O) groups excluding carboxylic acids is 1. The summed E-state index contributed by atoms with van der Waals surface area (Å²) in [5.41, 5.74) is 5.05. The van der Waals surface area contributed by atoms with E-state index in [1.807, 2.05) is 28.9 Å². The fourth-order valence-electron chi connectivity index (χ4n) is 4.59. The Labute approximate surface area is 197 Å². The molecule has 2 aliphatic rings. The minimum atomic E-state index is -0.329. The molecule has 0 saturated carbocycles. The van der Waals surface area contributed by atoms with Crippen molar-refractivity contribution in [2.24, 2.45) is 5.41 Å². The third kappa shape index (κ3) is 4.09. The van der Waals surface area contributed by atoms with E-state index < -0.39 is 0 Å². The molecule has 0 amide bonds. The van der Waals surface area contributed by atoms with Gasteiger partial charge in [-0.3, -0.25) is 4.79 Å². The highest BCUT2D eigenvalue weighted by Gasteiger charge is 2.41. The molecule has 1 atom stereocenters. The van der Waals surface area contributed by atoms with Gasteiger partial charge >= 0.3 is 0 Å². The second-order valence-corrected chi connectivity index (χ2v) is 10.7. The molecule has 1 N–H and O–H groups in total. The number of ketones is 1. The Bertz CT molecular complexity index is 1250. The van der Waals surface area contributed by atoms with E-state index in [0.717, 1.165) is 29.0 Å². The van der Waals surface area contributed by atoms with Crippen molar-refractivity contribution in [1.82, 2.24) is 14.8 Å². The van der Waals surface area contributed by atoms with E-state index in [-0.39, 0.29) is 17.2 Å². The minimum Gasteiger partial charge on any atom is -0.328 e. The first kappa shape index (κ1) is 21.3. The van der Waals surface area contributed by atoms with Crippen molar-refractivity contribution in [3.63, 3.8) is 0 Å². The molecule has 5 nitrogen and oxygen atoms in total. The van der Waals surface area contributed by atoms with Crippen molar-refractivity contribution < 1.29 is 4.79 Å². The number of allylic oxidation sites excluding steroid dienone is 2. The summed E-state index contributed by atoms with van der Waals surface area (Å²) in [6, 6.07) is 15.8. The first-order valence-corrected chi connectivity index (χ1v) is 12.1. The van der Waals surface area contributed by atoms with Crippen LogP contribution in [0.4, 0.5) is 5.95 Å². The normalized spacial score (nSPS) is 19.4. The summed E-state index contributed by atoms with van der Waals surface area (Å²) in [5.74, 6) is 1.61. The first-order valence-electron chi connectivity index (χ1n) is 10.7. The number of aryl methyl sites for hydroxylation is 1. The topological polar surface area (TPSA) is 59.8 Å². The van der Waals surface area contributed by atoms with E-state index in [4.69, 9.17) is 21.7 Å². The van der Waals surface area contributed by atoms with Crippen LogP contribution in [-0.2, 0) is 10.5 Å². The molecular weight excluding hydrogens is 440 g/mol. The van der Waals surface area contributed by atoms with Crippen LogP contribution in [0.1, 0.15) is 49.4 Å². The Kier molecular flexibility index (Phi) is 5.38. The number of thioether (sulfide) groups is 1. The summed E-state index contributed by atoms with van der Waals surface area (Å²) in [7, 11) is 0. The lowest BCUT2D eigenvalue weighted by molar-refractivity contribution is -0.118. The molecule has 164 valence electrons. The van der Waals surface area contributed by atoms with Crippen molar-refractivity contribution in [1.29, 1.82) is 0 Å². The lowest BCUT2D eigenvalue weighted by Gasteiger charge is -2.38. The molecule has 0 bridgehead atoms. The highest BCUT2D eigenvalue weighted by atomic mass is 35.5. The van der Waals surface area contributed by atoms with Crippen molar-refractivity contribution >= 4 is 35.1 Å². The average molecular weight is 465 g/mol. The Morgan fingerprint density at radius 3 is 2.78 bits per heavy atom. The number of aromatic nitrogens is 3. The SMILES string of the molecule is Cc1cccc(CSc2nc3n(n2)C(c2cccc(Cl)c2)C2=C(CC(C)(C)CC2=O)N3)c1. The predicted molar refractivity (Wildman–Crippen MR) is 129 cm³/mol. The summed E-state index contributed by atoms with van der Waals surface area (Å²) in [6.45, 7) is 6.36. The van der Waals surface area contributed by atoms with Crippen LogP contribution in [0.25, 0.3) is 0 Å². The van der Waals surface area contributed by atoms with E-state index in [9.17, 15) is 4.79 Å². The quantitative estimate of drug-likeness (QED) is 0.466. The van der Waals surface area contributed by atoms with E-state index in [0.29, 0.717) is 22.5 Å². The smallest absolute Gasteiger partial charge is 0.227 e. The summed E-state index contributed by atoms with van der Waals surface area (Å²) in [4.78, 5) is 18.0. The second kappa shape index (κ2) is 8.09. The Morgan fingerprint density at radius 2 is 2.00 bits per heavy atom. The Hall–Kier alpha value is -2.57. The molecule has 0 radical (unpaired) electrons. The zero-order valence-electron chi connectivity index (χ0n) is 18.4. The summed E-state index contributed by atoms with van der Waals surface area (Å²) in [5, 5.41) is 9.57. The molecule has 5 rings (SSSR count). The maximum absolute atomic E-state index is 13.3. The summed E-state index contributed by atoms with van der Waals surface area (Å²) < 4.78 is 1.85. The summed E-state index contributed by atoms with van der Waals surface area (Å²) in [6.07, 6.45) is 1.31. The number of anilines is 1. The van der Waals surface area contributed by atoms with Gasteiger partial charge in [-0.1, -0.05) is 79.2 Å². The van der Waals surface area contributed by atoms with Crippen LogP contribution in [0.2, 0.25) is 5.02 Å². The molecule has 2 aromatic carbocycles. The number of nitrogens with one attached hydrogen (secondary N) is 1. The lowest BCUT2D eigenvalue weighted by Crippen LogP contribution is -2.36. The molecule has 7 heteroatoms. The van der Waals surface area contributed by atoms with E-state index in [1.54, 1.807) is 11.8 Å². The van der Waals surface area contributed by atoms with Crippen LogP contribution in [-0.4, -0.2) is 20.5 Å². The van der Waals surface area contributed by atoms with Gasteiger partial charge in [-0.05, 0) is 42.0 Å². The molecule has 32 heavy (non-hydrogen) atoms. The molecule has 0 spiro atoms. The van der Waals surface area contributed by atoms with Gasteiger partial charge in [-0.25, -0.2) is 4.68 Å². The van der Waals surface area contributed by atoms with Gasteiger partial charge in [0.1, 0.15) is 6.04 Å². The standard InChI is InChI=1S/C25H25ClN4OS/c1-15-6-4-7-16(10-15)14-32-24-28-23-27-19-12-25(2,3)13-20(31)21(19)22(30(23)29-24)17-8-5-9-18(26)11-17/h4-11,22H,12-14H2,1-3H3,(H,27,28,29). The van der Waals surface area contributed by atoms with Crippen molar-refractivity contribution in [3.05, 3.63) is 81.5 Å². The third-order valence-corrected chi connectivity index (χ3v) is 7.07. The first-order chi connectivity index (χ1) is 15.3. The molecule has 3 aromatic rings. The molecule has 1 aliphatic carbocycles. The number of rotatable bonds is 4. The maximum atomic E-state index is 13.3. The maximum Gasteiger partial charge on any atom is 0.227 e. The average Bonchev–Trinajstić information content (AvgIpc) is 3.12. The van der Waals surface area contributed by atoms with Gasteiger partial charge in [0.15, 0.2) is 5.78 Å². The summed E-state index contributed by atoms with van der Waals surface area (Å²) >= 11 is 7.91. The molecular formula is C25H25ClN4OS. The largest absolute Gasteiger partial charge is 0.328 e. The lowest BCUT2D eigenvalue weighted by atomic mass is 9.73. The van der Waals surface area contributed by atoms with Gasteiger partial charge in [-0.15, -0.1) is 5.10 Å². The van der Waals surface area contributed by atoms with Crippen LogP contribution in [0.15, 0.2) is 65.0 Å². The number of hydrogen-bond donors (Lipinski definition) is 1. The molecule has 0 fully saturated rings. The number of fused-ring (bicyclic) bond motifs is 1. The number of halogens is 1. The van der Waals surface area contributed by atoms with Gasteiger partial charge in [0, 0.05) is 28.5 Å². The van der Waals surface area contributed by atoms with Crippen LogP contribution in [0.3, 0.4) is 0 Å². The Morgan fingerprint density at radius 1 is 1.19 bits per heavy atom. The fraction of sp³-hybridized carbons (Fsp3) is 0.320. The zero-order chi connectivity index (χ0) is 22.5. The van der Waals surface area contributed by atoms with Gasteiger partial charge in [0.25, 0.3) is 0 Å². The van der Waals surface area contributed by atoms with Gasteiger partial charge in [0.2, 0.25) is 11.1 Å². The number of carbonyl (C=O) groups is 1. The number of hydrogen-bond acceptors (Lipinski definition) is 5. The van der Waals surface area contributed by atoms with Crippen LogP contribution in [0, 0.1) is 12.3 Å². The molecule has 1 unspecified atom stereocenters. The van der Waals surface area contributed by atoms with E-state index >= 15 is 0 Å². The van der Waals surface area contributed by atoms with Crippen molar-refractivity contribution in [2.45, 2.75) is 50.6 Å². The van der Waals surface area contributed by atoms with Gasteiger partial charge in [0.05, 0.1) is 0 Å². The zero-order valence-corrected chi connectivity index (χ0v) is 19.9. The molecule has 0 saturated heterocycles. The molecule has 1 aliphatic heterocycles. The van der Waals surface area contributed by atoms with Gasteiger partial charge in [-0.2, -0.15) is 4.98 Å². The molecule has 1 aromatic heterocycles. The second-order valence-electron chi connectivity index (χ2n) is 9.36. The number of Topliss-reactive ketones (excluding diaryl/α,β-unsaturated/α-hetero) is 1. The molecule has 2 heterocycles. The minimum absolute atomic E-state index is 0.0905. The predicted octanol–water partition coefficient (Wildman–Crippen LogP) is 6.19. The number of nitrogens with zero attached hydrogens (tertiary/aromatic N) is 3. The van der Waals surface area contributed by atoms with Gasteiger partial charge < -0.3 is 5.32 Å². The van der Waals surface area contributed by atoms with Crippen LogP contribution in [0.5, 0.6) is 0 Å². The monoisotopic (exact) mass is 464 g/mol. The van der Waals surface area contributed by atoms with Crippen molar-refractivity contribution in [3.8, 4) is 0 Å². The highest BCUT2D eigenvalue weighted by Crippen LogP contribution is 2.46. The fourth-order valence-corrected chi connectivity index (χ4v) is 5.56. The van der Waals surface area contributed by atoms with Crippen molar-refractivity contribution in [2.75, 3.05) is 5.32 Å². The van der Waals surface area contributed by atoms with Crippen LogP contribution >= 0.6 is 23.4 Å². The van der Waals surface area contributed by atoms with E-state index in [1.165, 1.54) is 11.1 Å². The van der Waals surface area contributed by atoms with Crippen LogP contribution < -0.4 is 5.32 Å². The third-order valence-electron chi connectivity index (χ3n) is 5.93. The Balaban J connectivity index is 1.53.